The number of hydrogen-bond acceptors (Lipinski definition) is 5. The molecule has 6 heteroatoms. The number of methoxy groups -OCH3 is 1. The van der Waals surface area contributed by atoms with Crippen molar-refractivity contribution in [1.82, 2.24) is 19.9 Å². The predicted molar refractivity (Wildman–Crippen MR) is 97.8 cm³/mol. The third-order valence-electron chi connectivity index (χ3n) is 4.42. The molecule has 3 rings (SSSR count). The molecule has 1 N–H and O–H groups in total. The van der Waals surface area contributed by atoms with E-state index in [0.29, 0.717) is 6.54 Å². The second-order valence-electron chi connectivity index (χ2n) is 6.24. The number of rotatable bonds is 6. The summed E-state index contributed by atoms with van der Waals surface area (Å²) in [4.78, 5) is 25.9. The Morgan fingerprint density at radius 1 is 1.28 bits per heavy atom. The van der Waals surface area contributed by atoms with Crippen LogP contribution in [0.2, 0.25) is 0 Å². The topological polar surface area (TPSA) is 71.1 Å². The van der Waals surface area contributed by atoms with Crippen molar-refractivity contribution in [2.75, 3.05) is 14.2 Å². The lowest BCUT2D eigenvalue weighted by molar-refractivity contribution is 0.246. The second-order valence-corrected chi connectivity index (χ2v) is 6.24. The zero-order valence-corrected chi connectivity index (χ0v) is 14.7. The maximum absolute atomic E-state index is 12.4. The molecule has 1 atom stereocenters. The minimum atomic E-state index is -0.0591. The standard InChI is InChI=1S/C19H22N4O2/c1-13(8-16-11-20-6-7-21-16)23(2)12-15-9-14-10-17(25-3)4-5-18(14)22-19(15)24/h4-7,9-11,13H,8,12H2,1-3H3,(H,22,24)/t13-/m1/s1. The molecule has 0 bridgehead atoms. The number of pyridine rings is 1. The Bertz CT molecular complexity index is 908. The van der Waals surface area contributed by atoms with Gasteiger partial charge in [-0.25, -0.2) is 0 Å². The zero-order valence-electron chi connectivity index (χ0n) is 14.7. The van der Waals surface area contributed by atoms with Crippen LogP contribution >= 0.6 is 0 Å². The van der Waals surface area contributed by atoms with Gasteiger partial charge >= 0.3 is 0 Å². The summed E-state index contributed by atoms with van der Waals surface area (Å²) in [5.74, 6) is 0.773. The van der Waals surface area contributed by atoms with E-state index >= 15 is 0 Å². The van der Waals surface area contributed by atoms with Crippen molar-refractivity contribution in [3.8, 4) is 5.75 Å². The molecule has 0 aliphatic heterocycles. The fraction of sp³-hybridized carbons (Fsp3) is 0.316. The number of H-pyrrole nitrogens is 1. The number of likely N-dealkylation sites (N-methyl/N-ethyl adjacent to an activating group) is 1. The number of nitrogens with one attached hydrogen (secondary N) is 1. The van der Waals surface area contributed by atoms with Gasteiger partial charge in [0.25, 0.3) is 5.56 Å². The SMILES string of the molecule is COc1ccc2[nH]c(=O)c(CN(C)[C@H](C)Cc3cnccn3)cc2c1. The molecule has 0 amide bonds. The normalized spacial score (nSPS) is 12.5. The van der Waals surface area contributed by atoms with Gasteiger partial charge in [0.15, 0.2) is 0 Å². The predicted octanol–water partition coefficient (Wildman–Crippen LogP) is 2.39. The molecule has 6 nitrogen and oxygen atoms in total. The summed E-state index contributed by atoms with van der Waals surface area (Å²) in [6, 6.07) is 7.80. The van der Waals surface area contributed by atoms with Crippen molar-refractivity contribution in [3.05, 3.63) is 64.5 Å². The summed E-state index contributed by atoms with van der Waals surface area (Å²) in [5, 5.41) is 0.962. The van der Waals surface area contributed by atoms with E-state index < -0.39 is 0 Å². The van der Waals surface area contributed by atoms with Gasteiger partial charge in [0, 0.05) is 54.1 Å². The minimum absolute atomic E-state index is 0.0591. The van der Waals surface area contributed by atoms with Gasteiger partial charge in [0.2, 0.25) is 0 Å². The Morgan fingerprint density at radius 3 is 2.84 bits per heavy atom. The van der Waals surface area contributed by atoms with E-state index in [9.17, 15) is 4.79 Å². The van der Waals surface area contributed by atoms with Crippen molar-refractivity contribution in [3.63, 3.8) is 0 Å². The van der Waals surface area contributed by atoms with Crippen molar-refractivity contribution in [2.45, 2.75) is 25.9 Å². The summed E-state index contributed by atoms with van der Waals surface area (Å²) in [6.45, 7) is 2.68. The fourth-order valence-electron chi connectivity index (χ4n) is 2.79. The Labute approximate surface area is 146 Å². The maximum atomic E-state index is 12.4. The van der Waals surface area contributed by atoms with Crippen LogP contribution in [0.3, 0.4) is 0 Å². The van der Waals surface area contributed by atoms with E-state index in [2.05, 4.69) is 26.8 Å². The largest absolute Gasteiger partial charge is 0.497 e. The van der Waals surface area contributed by atoms with Crippen molar-refractivity contribution in [2.24, 2.45) is 0 Å². The lowest BCUT2D eigenvalue weighted by Crippen LogP contribution is -2.32. The number of fused-ring (bicyclic) bond motifs is 1. The Hall–Kier alpha value is -2.73. The zero-order chi connectivity index (χ0) is 17.8. The smallest absolute Gasteiger partial charge is 0.252 e. The van der Waals surface area contributed by atoms with Crippen LogP contribution in [0.25, 0.3) is 10.9 Å². The molecule has 0 aliphatic carbocycles. The third-order valence-corrected chi connectivity index (χ3v) is 4.42. The van der Waals surface area contributed by atoms with E-state index in [1.54, 1.807) is 25.7 Å². The lowest BCUT2D eigenvalue weighted by Gasteiger charge is -2.24. The van der Waals surface area contributed by atoms with Crippen LogP contribution in [0, 0.1) is 0 Å². The monoisotopic (exact) mass is 338 g/mol. The van der Waals surface area contributed by atoms with Crippen LogP contribution in [0.4, 0.5) is 0 Å². The van der Waals surface area contributed by atoms with Gasteiger partial charge in [0.05, 0.1) is 12.8 Å². The molecule has 0 fully saturated rings. The Morgan fingerprint density at radius 2 is 2.12 bits per heavy atom. The Balaban J connectivity index is 1.79. The number of ether oxygens (including phenoxy) is 1. The lowest BCUT2D eigenvalue weighted by atomic mass is 10.1. The molecule has 130 valence electrons. The van der Waals surface area contributed by atoms with E-state index in [-0.39, 0.29) is 11.6 Å². The highest BCUT2D eigenvalue weighted by molar-refractivity contribution is 5.80. The molecule has 0 aliphatic rings. The molecule has 0 spiro atoms. The van der Waals surface area contributed by atoms with Crippen LogP contribution < -0.4 is 10.3 Å². The van der Waals surface area contributed by atoms with Gasteiger partial charge in [-0.15, -0.1) is 0 Å². The number of aromatic nitrogens is 3. The molecule has 0 unspecified atom stereocenters. The van der Waals surface area contributed by atoms with Crippen molar-refractivity contribution >= 4 is 10.9 Å². The van der Waals surface area contributed by atoms with E-state index in [1.807, 2.05) is 31.3 Å². The molecule has 25 heavy (non-hydrogen) atoms. The summed E-state index contributed by atoms with van der Waals surface area (Å²) in [5.41, 5.74) is 2.43. The maximum Gasteiger partial charge on any atom is 0.252 e. The van der Waals surface area contributed by atoms with Gasteiger partial charge in [-0.05, 0) is 38.2 Å². The van der Waals surface area contributed by atoms with E-state index in [1.165, 1.54) is 0 Å². The summed E-state index contributed by atoms with van der Waals surface area (Å²) in [6.07, 6.45) is 5.92. The van der Waals surface area contributed by atoms with Crippen molar-refractivity contribution in [1.29, 1.82) is 0 Å². The highest BCUT2D eigenvalue weighted by atomic mass is 16.5. The molecule has 2 heterocycles. The highest BCUT2D eigenvalue weighted by Gasteiger charge is 2.14. The molecule has 2 aromatic heterocycles. The van der Waals surface area contributed by atoms with E-state index in [4.69, 9.17) is 4.74 Å². The number of nitrogens with zero attached hydrogens (tertiary/aromatic N) is 3. The van der Waals surface area contributed by atoms with Crippen LogP contribution in [0.5, 0.6) is 5.75 Å². The minimum Gasteiger partial charge on any atom is -0.497 e. The van der Waals surface area contributed by atoms with Crippen LogP contribution in [0.15, 0.2) is 47.7 Å². The molecule has 0 saturated carbocycles. The number of benzene rings is 1. The molecular formula is C19H22N4O2. The molecular weight excluding hydrogens is 316 g/mol. The summed E-state index contributed by atoms with van der Waals surface area (Å²) < 4.78 is 5.26. The molecule has 0 saturated heterocycles. The van der Waals surface area contributed by atoms with Gasteiger partial charge in [0.1, 0.15) is 5.75 Å². The average Bonchev–Trinajstić information content (AvgIpc) is 2.62. The van der Waals surface area contributed by atoms with Gasteiger partial charge in [-0.2, -0.15) is 0 Å². The van der Waals surface area contributed by atoms with Crippen LogP contribution in [0.1, 0.15) is 18.2 Å². The first-order valence-corrected chi connectivity index (χ1v) is 8.22. The second kappa shape index (κ2) is 7.44. The average molecular weight is 338 g/mol. The first kappa shape index (κ1) is 17.1. The quantitative estimate of drug-likeness (QED) is 0.747. The van der Waals surface area contributed by atoms with Gasteiger partial charge in [-0.1, -0.05) is 0 Å². The third kappa shape index (κ3) is 4.03. The highest BCUT2D eigenvalue weighted by Crippen LogP contribution is 2.19. The van der Waals surface area contributed by atoms with E-state index in [0.717, 1.165) is 34.3 Å². The van der Waals surface area contributed by atoms with Crippen molar-refractivity contribution < 1.29 is 4.74 Å². The van der Waals surface area contributed by atoms with Crippen LogP contribution in [-0.4, -0.2) is 40.1 Å². The Kier molecular flexibility index (Phi) is 5.09. The summed E-state index contributed by atoms with van der Waals surface area (Å²) >= 11 is 0. The van der Waals surface area contributed by atoms with Crippen LogP contribution in [-0.2, 0) is 13.0 Å². The fourth-order valence-corrected chi connectivity index (χ4v) is 2.79. The molecule has 0 radical (unpaired) electrons. The molecule has 3 aromatic rings. The number of hydrogen-bond donors (Lipinski definition) is 1. The first-order chi connectivity index (χ1) is 12.1. The van der Waals surface area contributed by atoms with Gasteiger partial charge in [-0.3, -0.25) is 19.7 Å². The first-order valence-electron chi connectivity index (χ1n) is 8.22. The van der Waals surface area contributed by atoms with Gasteiger partial charge < -0.3 is 9.72 Å². The number of aromatic amines is 1. The molecule has 1 aromatic carbocycles. The summed E-state index contributed by atoms with van der Waals surface area (Å²) in [7, 11) is 3.64.